The summed E-state index contributed by atoms with van der Waals surface area (Å²) in [6.45, 7) is 0.848. The van der Waals surface area contributed by atoms with Gasteiger partial charge in [0.1, 0.15) is 46.8 Å². The van der Waals surface area contributed by atoms with Crippen LogP contribution in [0.4, 0.5) is 10.2 Å². The minimum atomic E-state index is -0.534. The molecule has 1 aliphatic heterocycles. The van der Waals surface area contributed by atoms with Crippen molar-refractivity contribution in [1.82, 2.24) is 30.0 Å². The first-order valence-corrected chi connectivity index (χ1v) is 13.5. The first-order valence-electron chi connectivity index (χ1n) is 13.5. The number of hydrogen-bond donors (Lipinski definition) is 2. The second-order valence-corrected chi connectivity index (χ2v) is 10.4. The fourth-order valence-electron chi connectivity index (χ4n) is 5.39. The Bertz CT molecular complexity index is 1690. The van der Waals surface area contributed by atoms with Crippen molar-refractivity contribution in [1.29, 1.82) is 5.26 Å². The molecule has 1 saturated carbocycles. The summed E-state index contributed by atoms with van der Waals surface area (Å²) in [6.07, 6.45) is 6.42. The Morgan fingerprint density at radius 1 is 1.24 bits per heavy atom. The summed E-state index contributed by atoms with van der Waals surface area (Å²) in [7, 11) is 1.84. The molecule has 6 rings (SSSR count). The van der Waals surface area contributed by atoms with E-state index in [1.165, 1.54) is 12.4 Å². The van der Waals surface area contributed by atoms with Gasteiger partial charge in [-0.2, -0.15) is 10.4 Å². The lowest BCUT2D eigenvalue weighted by Crippen LogP contribution is -2.39. The predicted octanol–water partition coefficient (Wildman–Crippen LogP) is 4.20. The van der Waals surface area contributed by atoms with E-state index < -0.39 is 5.82 Å². The van der Waals surface area contributed by atoms with Crippen molar-refractivity contribution in [3.63, 3.8) is 0 Å². The lowest BCUT2D eigenvalue weighted by molar-refractivity contribution is -0.127. The van der Waals surface area contributed by atoms with Crippen molar-refractivity contribution >= 4 is 22.8 Å². The Morgan fingerprint density at radius 3 is 2.76 bits per heavy atom. The Balaban J connectivity index is 1.31. The molecule has 1 atom stereocenters. The van der Waals surface area contributed by atoms with Crippen molar-refractivity contribution in [2.75, 3.05) is 19.3 Å². The zero-order valence-electron chi connectivity index (χ0n) is 22.5. The number of benzene rings is 2. The SMILES string of the molecule is CNC1(C=C(C#N)C(=O)N2CCC[C@H]2Cn2nc(-c3ccc(Oc4ccccc4)cc3F)c3c(N)ncnc32)CC1. The number of halogens is 1. The smallest absolute Gasteiger partial charge is 0.264 e. The van der Waals surface area contributed by atoms with E-state index in [2.05, 4.69) is 21.4 Å². The summed E-state index contributed by atoms with van der Waals surface area (Å²) < 4.78 is 22.9. The molecule has 4 aromatic rings. The highest BCUT2D eigenvalue weighted by Gasteiger charge is 2.41. The number of nitrogens with one attached hydrogen (secondary N) is 1. The number of likely N-dealkylation sites (N-methyl/N-ethyl adjacent to an activating group) is 1. The standard InChI is InChI=1S/C30H29FN8O2/c1-34-30(11-12-30)15-19(16-32)29(40)38-13-5-6-20(38)17-39-28-25(27(33)35-18-36-28)26(37-39)23-10-9-22(14-24(23)31)41-21-7-3-2-4-8-21/h2-4,7-10,14-15,18,20,34H,5-6,11-13,17H2,1H3,(H2,33,35,36)/t20-/m0/s1. The maximum absolute atomic E-state index is 15.5. The van der Waals surface area contributed by atoms with E-state index in [-0.39, 0.29) is 34.4 Å². The Labute approximate surface area is 236 Å². The fourth-order valence-corrected chi connectivity index (χ4v) is 5.39. The fraction of sp³-hybridized carbons (Fsp3) is 0.300. The zero-order chi connectivity index (χ0) is 28.6. The van der Waals surface area contributed by atoms with Gasteiger partial charge in [0.15, 0.2) is 5.65 Å². The molecule has 2 aliphatic rings. The minimum Gasteiger partial charge on any atom is -0.457 e. The maximum atomic E-state index is 15.5. The van der Waals surface area contributed by atoms with E-state index in [4.69, 9.17) is 15.6 Å². The molecule has 1 amide bonds. The molecule has 41 heavy (non-hydrogen) atoms. The van der Waals surface area contributed by atoms with Gasteiger partial charge < -0.3 is 20.7 Å². The van der Waals surface area contributed by atoms with Crippen LogP contribution in [0.2, 0.25) is 0 Å². The second-order valence-electron chi connectivity index (χ2n) is 10.4. The van der Waals surface area contributed by atoms with Crippen LogP contribution in [-0.4, -0.2) is 55.7 Å². The number of amides is 1. The summed E-state index contributed by atoms with van der Waals surface area (Å²) in [6, 6.07) is 15.6. The van der Waals surface area contributed by atoms with E-state index >= 15 is 4.39 Å². The molecular formula is C30H29FN8O2. The van der Waals surface area contributed by atoms with Crippen LogP contribution in [0.25, 0.3) is 22.3 Å². The van der Waals surface area contributed by atoms with E-state index in [1.54, 1.807) is 39.9 Å². The topological polar surface area (TPSA) is 135 Å². The molecule has 2 aromatic carbocycles. The van der Waals surface area contributed by atoms with Crippen LogP contribution in [0, 0.1) is 17.1 Å². The summed E-state index contributed by atoms with van der Waals surface area (Å²) in [5, 5.41) is 18.1. The number of carbonyl (C=O) groups excluding carboxylic acids is 1. The number of ether oxygens (including phenoxy) is 1. The first kappa shape index (κ1) is 26.4. The average molecular weight is 553 g/mol. The third-order valence-corrected chi connectivity index (χ3v) is 7.81. The highest BCUT2D eigenvalue weighted by molar-refractivity contribution is 5.99. The highest BCUT2D eigenvalue weighted by atomic mass is 19.1. The lowest BCUT2D eigenvalue weighted by atomic mass is 10.1. The molecule has 2 aromatic heterocycles. The largest absolute Gasteiger partial charge is 0.457 e. The number of nitrogens with zero attached hydrogens (tertiary/aromatic N) is 6. The molecule has 11 heteroatoms. The normalized spacial score (nSPS) is 17.9. The number of aromatic nitrogens is 4. The number of para-hydroxylation sites is 1. The molecule has 208 valence electrons. The molecule has 0 unspecified atom stereocenters. The van der Waals surface area contributed by atoms with Crippen LogP contribution in [0.3, 0.4) is 0 Å². The Kier molecular flexibility index (Phi) is 6.85. The van der Waals surface area contributed by atoms with Gasteiger partial charge in [0.2, 0.25) is 0 Å². The van der Waals surface area contributed by atoms with Crippen LogP contribution in [0.1, 0.15) is 25.7 Å². The number of anilines is 1. The number of nitrogen functional groups attached to an aromatic ring is 1. The van der Waals surface area contributed by atoms with Crippen LogP contribution in [-0.2, 0) is 11.3 Å². The van der Waals surface area contributed by atoms with Crippen LogP contribution < -0.4 is 15.8 Å². The van der Waals surface area contributed by atoms with Crippen molar-refractivity contribution in [3.05, 3.63) is 72.3 Å². The highest BCUT2D eigenvalue weighted by Crippen LogP contribution is 2.38. The lowest BCUT2D eigenvalue weighted by Gasteiger charge is -2.25. The van der Waals surface area contributed by atoms with E-state index in [0.717, 1.165) is 25.7 Å². The summed E-state index contributed by atoms with van der Waals surface area (Å²) >= 11 is 0. The summed E-state index contributed by atoms with van der Waals surface area (Å²) in [4.78, 5) is 23.7. The van der Waals surface area contributed by atoms with Crippen molar-refractivity contribution < 1.29 is 13.9 Å². The van der Waals surface area contributed by atoms with Gasteiger partial charge in [-0.25, -0.2) is 19.0 Å². The van der Waals surface area contributed by atoms with E-state index in [1.807, 2.05) is 25.2 Å². The quantitative estimate of drug-likeness (QED) is 0.245. The number of hydrogen-bond acceptors (Lipinski definition) is 8. The molecule has 1 aliphatic carbocycles. The van der Waals surface area contributed by atoms with Gasteiger partial charge in [-0.1, -0.05) is 18.2 Å². The number of likely N-dealkylation sites (tertiary alicyclic amines) is 1. The van der Waals surface area contributed by atoms with E-state index in [9.17, 15) is 10.1 Å². The van der Waals surface area contributed by atoms with E-state index in [0.29, 0.717) is 41.3 Å². The minimum absolute atomic E-state index is 0.140. The molecule has 1 saturated heterocycles. The van der Waals surface area contributed by atoms with Crippen LogP contribution in [0.15, 0.2) is 66.5 Å². The number of rotatable bonds is 8. The molecule has 3 heterocycles. The first-order chi connectivity index (χ1) is 19.9. The summed E-state index contributed by atoms with van der Waals surface area (Å²) in [5.74, 6) is 0.292. The molecule has 10 nitrogen and oxygen atoms in total. The Morgan fingerprint density at radius 2 is 2.05 bits per heavy atom. The molecular weight excluding hydrogens is 523 g/mol. The number of nitrogens with two attached hydrogens (primary N) is 1. The zero-order valence-corrected chi connectivity index (χ0v) is 22.5. The molecule has 0 spiro atoms. The third-order valence-electron chi connectivity index (χ3n) is 7.81. The molecule has 0 radical (unpaired) electrons. The van der Waals surface area contributed by atoms with Gasteiger partial charge >= 0.3 is 0 Å². The van der Waals surface area contributed by atoms with Gasteiger partial charge in [0.25, 0.3) is 5.91 Å². The van der Waals surface area contributed by atoms with Crippen molar-refractivity contribution in [3.8, 4) is 28.8 Å². The molecule has 0 bridgehead atoms. The van der Waals surface area contributed by atoms with Gasteiger partial charge in [0.05, 0.1) is 18.0 Å². The summed E-state index contributed by atoms with van der Waals surface area (Å²) in [5.41, 5.74) is 7.09. The predicted molar refractivity (Wildman–Crippen MR) is 151 cm³/mol. The van der Waals surface area contributed by atoms with Gasteiger partial charge in [-0.3, -0.25) is 4.79 Å². The Hall–Kier alpha value is -4.82. The maximum Gasteiger partial charge on any atom is 0.264 e. The average Bonchev–Trinajstić information content (AvgIpc) is 3.44. The van der Waals surface area contributed by atoms with Gasteiger partial charge in [-0.05, 0) is 63.1 Å². The van der Waals surface area contributed by atoms with Crippen molar-refractivity contribution in [2.24, 2.45) is 0 Å². The molecule has 3 N–H and O–H groups in total. The van der Waals surface area contributed by atoms with Crippen molar-refractivity contribution in [2.45, 2.75) is 43.8 Å². The molecule has 2 fully saturated rings. The number of carbonyl (C=O) groups is 1. The monoisotopic (exact) mass is 552 g/mol. The van der Waals surface area contributed by atoms with Gasteiger partial charge in [0, 0.05) is 23.7 Å². The third kappa shape index (κ3) is 5.10. The van der Waals surface area contributed by atoms with Crippen LogP contribution >= 0.6 is 0 Å². The number of nitriles is 1. The second kappa shape index (κ2) is 10.6. The number of fused-ring (bicyclic) bond motifs is 1. The van der Waals surface area contributed by atoms with Gasteiger partial charge in [-0.15, -0.1) is 0 Å². The van der Waals surface area contributed by atoms with Crippen LogP contribution in [0.5, 0.6) is 11.5 Å².